The van der Waals surface area contributed by atoms with Gasteiger partial charge in [0.05, 0.1) is 13.7 Å². The Morgan fingerprint density at radius 3 is 2.56 bits per heavy atom. The van der Waals surface area contributed by atoms with Crippen LogP contribution in [0.5, 0.6) is 5.75 Å². The SMILES string of the molecule is CCNC(=NCc1cccs1)NCCC(C)c1ccc(OC)cc1.I. The first-order valence-electron chi connectivity index (χ1n) is 8.41. The lowest BCUT2D eigenvalue weighted by Gasteiger charge is -2.15. The summed E-state index contributed by atoms with van der Waals surface area (Å²) in [5, 5.41) is 8.81. The molecule has 0 aliphatic rings. The van der Waals surface area contributed by atoms with Gasteiger partial charge in [-0.1, -0.05) is 25.1 Å². The van der Waals surface area contributed by atoms with E-state index in [0.717, 1.165) is 37.8 Å². The molecule has 0 aliphatic carbocycles. The van der Waals surface area contributed by atoms with Gasteiger partial charge in [-0.15, -0.1) is 35.3 Å². The molecule has 1 aromatic heterocycles. The lowest BCUT2D eigenvalue weighted by atomic mass is 9.98. The minimum atomic E-state index is 0. The highest BCUT2D eigenvalue weighted by Crippen LogP contribution is 2.21. The van der Waals surface area contributed by atoms with Crippen molar-refractivity contribution in [1.82, 2.24) is 10.6 Å². The van der Waals surface area contributed by atoms with Crippen molar-refractivity contribution >= 4 is 41.3 Å². The Morgan fingerprint density at radius 2 is 1.96 bits per heavy atom. The Labute approximate surface area is 172 Å². The molecule has 25 heavy (non-hydrogen) atoms. The first-order chi connectivity index (χ1) is 11.7. The number of benzene rings is 1. The summed E-state index contributed by atoms with van der Waals surface area (Å²) in [6, 6.07) is 12.5. The third kappa shape index (κ3) is 7.64. The number of aliphatic imine (C=N–C) groups is 1. The average Bonchev–Trinajstić information content (AvgIpc) is 3.13. The normalized spacial score (nSPS) is 12.2. The van der Waals surface area contributed by atoms with E-state index in [4.69, 9.17) is 4.74 Å². The summed E-state index contributed by atoms with van der Waals surface area (Å²) in [4.78, 5) is 5.91. The largest absolute Gasteiger partial charge is 0.497 e. The summed E-state index contributed by atoms with van der Waals surface area (Å²) in [5.74, 6) is 2.27. The number of halogens is 1. The Balaban J connectivity index is 0.00000312. The van der Waals surface area contributed by atoms with Crippen LogP contribution in [0.25, 0.3) is 0 Å². The molecule has 0 bridgehead atoms. The molecule has 1 unspecified atom stereocenters. The third-order valence-corrected chi connectivity index (χ3v) is 4.73. The maximum atomic E-state index is 5.21. The number of nitrogens with one attached hydrogen (secondary N) is 2. The second-order valence-corrected chi connectivity index (χ2v) is 6.70. The zero-order valence-corrected chi connectivity index (χ0v) is 18.3. The van der Waals surface area contributed by atoms with E-state index in [1.54, 1.807) is 18.4 Å². The number of nitrogens with zero attached hydrogens (tertiary/aromatic N) is 1. The van der Waals surface area contributed by atoms with Crippen LogP contribution in [0.2, 0.25) is 0 Å². The van der Waals surface area contributed by atoms with Crippen LogP contribution in [0.15, 0.2) is 46.8 Å². The number of thiophene rings is 1. The molecule has 6 heteroatoms. The molecule has 0 saturated heterocycles. The third-order valence-electron chi connectivity index (χ3n) is 3.87. The zero-order valence-electron chi connectivity index (χ0n) is 15.1. The van der Waals surface area contributed by atoms with Crippen LogP contribution in [0.1, 0.15) is 36.6 Å². The highest BCUT2D eigenvalue weighted by atomic mass is 127. The number of ether oxygens (including phenoxy) is 1. The maximum absolute atomic E-state index is 5.21. The fraction of sp³-hybridized carbons (Fsp3) is 0.421. The summed E-state index contributed by atoms with van der Waals surface area (Å²) in [5.41, 5.74) is 1.33. The van der Waals surface area contributed by atoms with Crippen LogP contribution in [0, 0.1) is 0 Å². The number of guanidine groups is 1. The summed E-state index contributed by atoms with van der Waals surface area (Å²) in [6.07, 6.45) is 1.05. The summed E-state index contributed by atoms with van der Waals surface area (Å²) in [7, 11) is 1.69. The summed E-state index contributed by atoms with van der Waals surface area (Å²) >= 11 is 1.74. The van der Waals surface area contributed by atoms with Gasteiger partial charge < -0.3 is 15.4 Å². The van der Waals surface area contributed by atoms with E-state index in [0.29, 0.717) is 5.92 Å². The van der Waals surface area contributed by atoms with Gasteiger partial charge in [-0.25, -0.2) is 4.99 Å². The van der Waals surface area contributed by atoms with E-state index in [2.05, 4.69) is 59.1 Å². The summed E-state index contributed by atoms with van der Waals surface area (Å²) < 4.78 is 5.21. The first kappa shape index (κ1) is 21.8. The smallest absolute Gasteiger partial charge is 0.191 e. The zero-order chi connectivity index (χ0) is 17.2. The van der Waals surface area contributed by atoms with Crippen molar-refractivity contribution in [3.05, 3.63) is 52.2 Å². The number of methoxy groups -OCH3 is 1. The highest BCUT2D eigenvalue weighted by Gasteiger charge is 2.06. The van der Waals surface area contributed by atoms with E-state index in [-0.39, 0.29) is 24.0 Å². The van der Waals surface area contributed by atoms with Crippen molar-refractivity contribution in [2.24, 2.45) is 4.99 Å². The Hall–Kier alpha value is -1.28. The van der Waals surface area contributed by atoms with Gasteiger partial charge in [0, 0.05) is 18.0 Å². The molecule has 1 aromatic carbocycles. The van der Waals surface area contributed by atoms with Gasteiger partial charge >= 0.3 is 0 Å². The first-order valence-corrected chi connectivity index (χ1v) is 9.29. The molecule has 2 aromatic rings. The van der Waals surface area contributed by atoms with Crippen molar-refractivity contribution in [2.75, 3.05) is 20.2 Å². The molecule has 0 saturated carbocycles. The van der Waals surface area contributed by atoms with E-state index < -0.39 is 0 Å². The molecule has 0 fully saturated rings. The average molecular weight is 473 g/mol. The van der Waals surface area contributed by atoms with Crippen LogP contribution >= 0.6 is 35.3 Å². The van der Waals surface area contributed by atoms with Gasteiger partial charge in [0.15, 0.2) is 5.96 Å². The van der Waals surface area contributed by atoms with Gasteiger partial charge in [0.1, 0.15) is 5.75 Å². The molecule has 0 spiro atoms. The van der Waals surface area contributed by atoms with Crippen molar-refractivity contribution in [3.8, 4) is 5.75 Å². The minimum absolute atomic E-state index is 0. The Morgan fingerprint density at radius 1 is 1.20 bits per heavy atom. The molecule has 2 N–H and O–H groups in total. The maximum Gasteiger partial charge on any atom is 0.191 e. The molecule has 0 amide bonds. The van der Waals surface area contributed by atoms with Gasteiger partial charge in [0.25, 0.3) is 0 Å². The van der Waals surface area contributed by atoms with E-state index in [1.165, 1.54) is 10.4 Å². The quantitative estimate of drug-likeness (QED) is 0.334. The van der Waals surface area contributed by atoms with Crippen LogP contribution in [-0.2, 0) is 6.54 Å². The fourth-order valence-electron chi connectivity index (χ4n) is 2.41. The molecular formula is C19H28IN3OS. The Kier molecular flexibility index (Phi) is 10.6. The van der Waals surface area contributed by atoms with Crippen LogP contribution in [0.4, 0.5) is 0 Å². The molecule has 0 radical (unpaired) electrons. The Bertz CT molecular complexity index is 614. The van der Waals surface area contributed by atoms with Gasteiger partial charge in [-0.05, 0) is 48.4 Å². The van der Waals surface area contributed by atoms with Crippen LogP contribution in [-0.4, -0.2) is 26.2 Å². The molecular weight excluding hydrogens is 445 g/mol. The second-order valence-electron chi connectivity index (χ2n) is 5.66. The predicted molar refractivity (Wildman–Crippen MR) is 119 cm³/mol. The monoisotopic (exact) mass is 473 g/mol. The molecule has 2 rings (SSSR count). The van der Waals surface area contributed by atoms with Crippen molar-refractivity contribution in [2.45, 2.75) is 32.7 Å². The lowest BCUT2D eigenvalue weighted by Crippen LogP contribution is -2.38. The van der Waals surface area contributed by atoms with E-state index in [1.807, 2.05) is 12.1 Å². The van der Waals surface area contributed by atoms with Gasteiger partial charge in [-0.2, -0.15) is 0 Å². The topological polar surface area (TPSA) is 45.7 Å². The van der Waals surface area contributed by atoms with Gasteiger partial charge in [-0.3, -0.25) is 0 Å². The van der Waals surface area contributed by atoms with E-state index >= 15 is 0 Å². The van der Waals surface area contributed by atoms with Gasteiger partial charge in [0.2, 0.25) is 0 Å². The molecule has 138 valence electrons. The van der Waals surface area contributed by atoms with Crippen molar-refractivity contribution < 1.29 is 4.74 Å². The lowest BCUT2D eigenvalue weighted by molar-refractivity contribution is 0.414. The predicted octanol–water partition coefficient (Wildman–Crippen LogP) is 4.62. The van der Waals surface area contributed by atoms with Crippen molar-refractivity contribution in [3.63, 3.8) is 0 Å². The fourth-order valence-corrected chi connectivity index (χ4v) is 3.04. The number of hydrogen-bond acceptors (Lipinski definition) is 3. The number of hydrogen-bond donors (Lipinski definition) is 2. The highest BCUT2D eigenvalue weighted by molar-refractivity contribution is 14.0. The summed E-state index contributed by atoms with van der Waals surface area (Å²) in [6.45, 7) is 6.82. The second kappa shape index (κ2) is 12.1. The number of rotatable bonds is 8. The van der Waals surface area contributed by atoms with Crippen molar-refractivity contribution in [1.29, 1.82) is 0 Å². The van der Waals surface area contributed by atoms with Crippen LogP contribution < -0.4 is 15.4 Å². The molecule has 4 nitrogen and oxygen atoms in total. The minimum Gasteiger partial charge on any atom is -0.497 e. The van der Waals surface area contributed by atoms with E-state index in [9.17, 15) is 0 Å². The van der Waals surface area contributed by atoms with Crippen LogP contribution in [0.3, 0.4) is 0 Å². The molecule has 1 heterocycles. The molecule has 1 atom stereocenters. The molecule has 0 aliphatic heterocycles. The standard InChI is InChI=1S/C19H27N3OS.HI/c1-4-20-19(22-14-18-6-5-13-24-18)21-12-11-15(2)16-7-9-17(23-3)10-8-16;/h5-10,13,15H,4,11-12,14H2,1-3H3,(H2,20,21,22);1H.